The first-order valence-corrected chi connectivity index (χ1v) is 9.23. The van der Waals surface area contributed by atoms with Crippen molar-refractivity contribution in [1.82, 2.24) is 21.1 Å². The van der Waals surface area contributed by atoms with Gasteiger partial charge >= 0.3 is 12.0 Å². The summed E-state index contributed by atoms with van der Waals surface area (Å²) in [6.07, 6.45) is -0.472. The van der Waals surface area contributed by atoms with Crippen LogP contribution in [-0.2, 0) is 19.1 Å². The predicted octanol–water partition coefficient (Wildman–Crippen LogP) is 0.490. The molecular weight excluding hydrogens is 380 g/mol. The molecule has 1 heterocycles. The number of nitrogens with zero attached hydrogens (tertiary/aromatic N) is 1. The van der Waals surface area contributed by atoms with Crippen molar-refractivity contribution in [2.24, 2.45) is 0 Å². The number of carbonyl (C=O) groups is 5. The lowest BCUT2D eigenvalue weighted by Gasteiger charge is -2.23. The van der Waals surface area contributed by atoms with Crippen molar-refractivity contribution in [2.75, 3.05) is 6.54 Å². The van der Waals surface area contributed by atoms with Crippen LogP contribution in [0.4, 0.5) is 4.79 Å². The Balaban J connectivity index is 1.85. The number of hydrogen-bond donors (Lipinski definition) is 3. The number of carbonyl (C=O) groups excluding carboxylic acids is 5. The summed E-state index contributed by atoms with van der Waals surface area (Å²) in [4.78, 5) is 61.3. The number of benzene rings is 1. The summed E-state index contributed by atoms with van der Waals surface area (Å²) in [5.41, 5.74) is 3.67. The van der Waals surface area contributed by atoms with Crippen LogP contribution in [0.1, 0.15) is 44.0 Å². The quantitative estimate of drug-likeness (QED) is 0.344. The summed E-state index contributed by atoms with van der Waals surface area (Å²) in [7, 11) is 0. The van der Waals surface area contributed by atoms with Gasteiger partial charge in [0.25, 0.3) is 17.7 Å². The van der Waals surface area contributed by atoms with Crippen LogP contribution >= 0.6 is 0 Å². The van der Waals surface area contributed by atoms with Crippen molar-refractivity contribution in [3.63, 3.8) is 0 Å². The third-order valence-corrected chi connectivity index (χ3v) is 4.75. The van der Waals surface area contributed by atoms with Gasteiger partial charge in [-0.2, -0.15) is 0 Å². The molecule has 1 atom stereocenters. The largest absolute Gasteiger partial charge is 0.451 e. The fraction of sp³-hybridized carbons (Fsp3) is 0.421. The fourth-order valence-electron chi connectivity index (χ4n) is 2.85. The lowest BCUT2D eigenvalue weighted by Crippen LogP contribution is -2.48. The molecule has 1 aromatic carbocycles. The summed E-state index contributed by atoms with van der Waals surface area (Å²) in [6.45, 7) is 4.22. The smallest absolute Gasteiger partial charge is 0.327 e. The van der Waals surface area contributed by atoms with Gasteiger partial charge in [-0.05, 0) is 31.9 Å². The number of amides is 5. The van der Waals surface area contributed by atoms with Crippen molar-refractivity contribution < 1.29 is 28.7 Å². The summed E-state index contributed by atoms with van der Waals surface area (Å²) in [6, 6.07) is 7.53. The molecule has 0 aliphatic carbocycles. The predicted molar refractivity (Wildman–Crippen MR) is 101 cm³/mol. The molecule has 29 heavy (non-hydrogen) atoms. The van der Waals surface area contributed by atoms with Crippen LogP contribution in [0.3, 0.4) is 0 Å². The molecule has 1 aliphatic rings. The van der Waals surface area contributed by atoms with E-state index in [-0.39, 0.29) is 0 Å². The van der Waals surface area contributed by atoms with Crippen molar-refractivity contribution in [3.05, 3.63) is 35.9 Å². The zero-order chi connectivity index (χ0) is 21.6. The molecule has 3 N–H and O–H groups in total. The molecule has 156 valence electrons. The van der Waals surface area contributed by atoms with E-state index in [1.54, 1.807) is 44.2 Å². The Morgan fingerprint density at radius 2 is 1.72 bits per heavy atom. The Kier molecular flexibility index (Phi) is 6.92. The van der Waals surface area contributed by atoms with Crippen molar-refractivity contribution in [1.29, 1.82) is 0 Å². The average Bonchev–Trinajstić information content (AvgIpc) is 2.96. The van der Waals surface area contributed by atoms with E-state index in [9.17, 15) is 24.0 Å². The molecule has 10 heteroatoms. The van der Waals surface area contributed by atoms with Crippen molar-refractivity contribution in [3.8, 4) is 0 Å². The molecule has 0 unspecified atom stereocenters. The molecule has 2 rings (SSSR count). The van der Waals surface area contributed by atoms with Gasteiger partial charge in [-0.1, -0.05) is 32.0 Å². The van der Waals surface area contributed by atoms with E-state index in [1.165, 1.54) is 6.92 Å². The molecular formula is C19H24N4O6. The van der Waals surface area contributed by atoms with Crippen LogP contribution < -0.4 is 16.2 Å². The van der Waals surface area contributed by atoms with E-state index in [4.69, 9.17) is 4.74 Å². The maximum atomic E-state index is 12.5. The maximum absolute atomic E-state index is 12.5. The lowest BCUT2D eigenvalue weighted by molar-refractivity contribution is -0.156. The van der Waals surface area contributed by atoms with Gasteiger partial charge in [-0.25, -0.2) is 4.79 Å². The summed E-state index contributed by atoms with van der Waals surface area (Å²) in [5.74, 6) is -2.73. The lowest BCUT2D eigenvalue weighted by atomic mass is 9.93. The fourth-order valence-corrected chi connectivity index (χ4v) is 2.85. The van der Waals surface area contributed by atoms with Crippen LogP contribution in [0, 0.1) is 0 Å². The first-order chi connectivity index (χ1) is 13.7. The monoisotopic (exact) mass is 404 g/mol. The van der Waals surface area contributed by atoms with Gasteiger partial charge in [-0.3, -0.25) is 34.9 Å². The minimum atomic E-state index is -1.25. The van der Waals surface area contributed by atoms with Gasteiger partial charge in [0.05, 0.1) is 0 Å². The second-order valence-electron chi connectivity index (χ2n) is 6.55. The molecule has 1 fully saturated rings. The SMILES string of the molecule is CCC1(CC)NC(=O)N(CC(=O)O[C@H](C)C(=O)NNC(=O)c2ccccc2)C1=O. The van der Waals surface area contributed by atoms with E-state index in [0.717, 1.165) is 4.90 Å². The third-order valence-electron chi connectivity index (χ3n) is 4.75. The van der Waals surface area contributed by atoms with Gasteiger partial charge < -0.3 is 10.1 Å². The number of imide groups is 1. The molecule has 0 radical (unpaired) electrons. The Hall–Kier alpha value is -3.43. The highest BCUT2D eigenvalue weighted by Crippen LogP contribution is 2.24. The van der Waals surface area contributed by atoms with Gasteiger partial charge in [-0.15, -0.1) is 0 Å². The molecule has 0 spiro atoms. The van der Waals surface area contributed by atoms with Gasteiger partial charge in [0.1, 0.15) is 12.1 Å². The third kappa shape index (κ3) is 4.89. The number of hydrazine groups is 1. The minimum Gasteiger partial charge on any atom is -0.451 e. The van der Waals surface area contributed by atoms with Gasteiger partial charge in [0.15, 0.2) is 6.10 Å². The van der Waals surface area contributed by atoms with Crippen LogP contribution in [0.15, 0.2) is 30.3 Å². The maximum Gasteiger partial charge on any atom is 0.327 e. The second-order valence-corrected chi connectivity index (χ2v) is 6.55. The Labute approximate surface area is 167 Å². The molecule has 1 aromatic rings. The second kappa shape index (κ2) is 9.18. The standard InChI is InChI=1S/C19H24N4O6/c1-4-19(5-2)17(27)23(18(28)20-19)11-14(24)29-12(3)15(25)21-22-16(26)13-9-7-6-8-10-13/h6-10,12H,4-5,11H2,1-3H3,(H,20,28)(H,21,25)(H,22,26)/t12-/m1/s1. The highest BCUT2D eigenvalue weighted by Gasteiger charge is 2.49. The molecule has 0 aromatic heterocycles. The molecule has 0 saturated carbocycles. The first kappa shape index (κ1) is 21.9. The Bertz CT molecular complexity index is 806. The molecule has 10 nitrogen and oxygen atoms in total. The number of nitrogens with one attached hydrogen (secondary N) is 3. The van der Waals surface area contributed by atoms with Crippen LogP contribution in [-0.4, -0.2) is 52.8 Å². The van der Waals surface area contributed by atoms with Gasteiger partial charge in [0, 0.05) is 5.56 Å². The van der Waals surface area contributed by atoms with E-state index in [1.807, 2.05) is 0 Å². The normalized spacial score (nSPS) is 16.0. The summed E-state index contributed by atoms with van der Waals surface area (Å²) >= 11 is 0. The van der Waals surface area contributed by atoms with Crippen LogP contribution in [0.2, 0.25) is 0 Å². The van der Waals surface area contributed by atoms with Crippen LogP contribution in [0.5, 0.6) is 0 Å². The van der Waals surface area contributed by atoms with Crippen molar-refractivity contribution >= 4 is 29.7 Å². The minimum absolute atomic E-state index is 0.339. The Morgan fingerprint density at radius 3 is 2.28 bits per heavy atom. The molecule has 0 bridgehead atoms. The van der Waals surface area contributed by atoms with Crippen LogP contribution in [0.25, 0.3) is 0 Å². The zero-order valence-corrected chi connectivity index (χ0v) is 16.5. The van der Waals surface area contributed by atoms with E-state index < -0.39 is 47.9 Å². The first-order valence-electron chi connectivity index (χ1n) is 9.23. The Morgan fingerprint density at radius 1 is 1.10 bits per heavy atom. The average molecular weight is 404 g/mol. The highest BCUT2D eigenvalue weighted by molar-refractivity contribution is 6.08. The topological polar surface area (TPSA) is 134 Å². The summed E-state index contributed by atoms with van der Waals surface area (Å²) < 4.78 is 4.97. The number of ether oxygens (including phenoxy) is 1. The van der Waals surface area contributed by atoms with E-state index in [0.29, 0.717) is 18.4 Å². The van der Waals surface area contributed by atoms with Crippen molar-refractivity contribution in [2.45, 2.75) is 45.3 Å². The number of rotatable bonds is 7. The van der Waals surface area contributed by atoms with E-state index >= 15 is 0 Å². The molecule has 1 aliphatic heterocycles. The number of urea groups is 1. The molecule has 1 saturated heterocycles. The zero-order valence-electron chi connectivity index (χ0n) is 16.5. The molecule has 5 amide bonds. The number of esters is 1. The summed E-state index contributed by atoms with van der Waals surface area (Å²) in [5, 5.41) is 2.60. The highest BCUT2D eigenvalue weighted by atomic mass is 16.5. The van der Waals surface area contributed by atoms with Gasteiger partial charge in [0.2, 0.25) is 0 Å². The van der Waals surface area contributed by atoms with E-state index in [2.05, 4.69) is 16.2 Å². The number of hydrogen-bond acceptors (Lipinski definition) is 6.